The maximum Gasteiger partial charge on any atom is 0.285 e. The van der Waals surface area contributed by atoms with E-state index >= 15 is 0 Å². The fourth-order valence-electron chi connectivity index (χ4n) is 3.74. The molecule has 2 aliphatic rings. The lowest BCUT2D eigenvalue weighted by Crippen LogP contribution is -2.18. The molecule has 8 nitrogen and oxygen atoms in total. The predicted octanol–water partition coefficient (Wildman–Crippen LogP) is 3.67. The number of hydrogen-bond donors (Lipinski definition) is 2. The van der Waals surface area contributed by atoms with Gasteiger partial charge >= 0.3 is 0 Å². The zero-order valence-corrected chi connectivity index (χ0v) is 17.6. The highest BCUT2D eigenvalue weighted by Crippen LogP contribution is 2.40. The minimum Gasteiger partial charge on any atom is -0.339 e. The molecule has 2 heterocycles. The molecular weight excluding hydrogens is 414 g/mol. The third-order valence-electron chi connectivity index (χ3n) is 5.64. The first kappa shape index (κ1) is 19.5. The number of carbonyl (C=O) groups is 1. The summed E-state index contributed by atoms with van der Waals surface area (Å²) in [7, 11) is -3.69. The molecule has 1 amide bonds. The second kappa shape index (κ2) is 7.35. The number of nitrogens with one attached hydrogen (secondary N) is 2. The van der Waals surface area contributed by atoms with Gasteiger partial charge in [0.05, 0.1) is 12.2 Å². The minimum atomic E-state index is -3.69. The van der Waals surface area contributed by atoms with Gasteiger partial charge in [0.25, 0.3) is 15.9 Å². The molecule has 9 heteroatoms. The first-order chi connectivity index (χ1) is 14.9. The third-order valence-corrected chi connectivity index (χ3v) is 6.98. The van der Waals surface area contributed by atoms with Gasteiger partial charge in [0.1, 0.15) is 10.7 Å². The second-order valence-electron chi connectivity index (χ2n) is 7.81. The van der Waals surface area contributed by atoms with E-state index in [9.17, 15) is 13.2 Å². The average Bonchev–Trinajstić information content (AvgIpc) is 3.46. The van der Waals surface area contributed by atoms with E-state index in [1.54, 1.807) is 54.7 Å². The van der Waals surface area contributed by atoms with Gasteiger partial charge in [-0.2, -0.15) is 13.5 Å². The van der Waals surface area contributed by atoms with Crippen molar-refractivity contribution in [1.82, 2.24) is 9.78 Å². The fourth-order valence-corrected chi connectivity index (χ4v) is 4.92. The lowest BCUT2D eigenvalue weighted by Gasteiger charge is -2.15. The first-order valence-corrected chi connectivity index (χ1v) is 11.5. The Bertz CT molecular complexity index is 1290. The number of hydrogen-bond acceptors (Lipinski definition) is 5. The second-order valence-corrected chi connectivity index (χ2v) is 9.38. The van der Waals surface area contributed by atoms with Crippen LogP contribution in [0.3, 0.4) is 0 Å². The van der Waals surface area contributed by atoms with Gasteiger partial charge in [0.2, 0.25) is 0 Å². The standard InChI is InChI=1S/C22H21N5O3S/c1-14(15-6-7-15)27-20(12-13-23-27)25-22(28)16-8-10-17(11-9-16)24-21-18-4-2-3-5-19(18)31(29,30)26-21/h2-5,8-15H,6-7H2,1H3,(H,24,26)(H,25,28). The van der Waals surface area contributed by atoms with Crippen LogP contribution < -0.4 is 10.6 Å². The van der Waals surface area contributed by atoms with Crippen LogP contribution in [-0.4, -0.2) is 29.9 Å². The smallest absolute Gasteiger partial charge is 0.285 e. The molecule has 0 radical (unpaired) electrons. The molecule has 1 saturated carbocycles. The van der Waals surface area contributed by atoms with Crippen LogP contribution in [0.1, 0.15) is 41.7 Å². The van der Waals surface area contributed by atoms with Crippen LogP contribution in [0, 0.1) is 5.92 Å². The quantitative estimate of drug-likeness (QED) is 0.636. The number of rotatable bonds is 5. The third kappa shape index (κ3) is 3.72. The number of amides is 1. The summed E-state index contributed by atoms with van der Waals surface area (Å²) in [6.45, 7) is 2.12. The summed E-state index contributed by atoms with van der Waals surface area (Å²) < 4.78 is 30.1. The van der Waals surface area contributed by atoms with Crippen molar-refractivity contribution in [2.75, 3.05) is 10.6 Å². The molecule has 1 atom stereocenters. The molecule has 158 valence electrons. The van der Waals surface area contributed by atoms with Crippen LogP contribution in [-0.2, 0) is 10.0 Å². The Morgan fingerprint density at radius 1 is 1.10 bits per heavy atom. The Morgan fingerprint density at radius 2 is 1.84 bits per heavy atom. The SMILES string of the molecule is CC(C1CC1)n1nccc1NC(=O)c1ccc(NC2=NS(=O)(=O)c3ccccc32)cc1. The lowest BCUT2D eigenvalue weighted by molar-refractivity contribution is 0.102. The number of fused-ring (bicyclic) bond motifs is 1. The van der Waals surface area contributed by atoms with Crippen molar-refractivity contribution >= 4 is 33.3 Å². The molecule has 2 N–H and O–H groups in total. The van der Waals surface area contributed by atoms with Gasteiger partial charge in [-0.3, -0.25) is 4.79 Å². The molecule has 1 aliphatic heterocycles. The summed E-state index contributed by atoms with van der Waals surface area (Å²) in [5.41, 5.74) is 1.65. The zero-order valence-electron chi connectivity index (χ0n) is 16.8. The number of nitrogens with zero attached hydrogens (tertiary/aromatic N) is 3. The first-order valence-electron chi connectivity index (χ1n) is 10.1. The van der Waals surface area contributed by atoms with Crippen molar-refractivity contribution in [3.8, 4) is 0 Å². The van der Waals surface area contributed by atoms with E-state index in [0.29, 0.717) is 28.6 Å². The number of amidine groups is 1. The normalized spacial score (nSPS) is 17.5. The Kier molecular flexibility index (Phi) is 4.62. The van der Waals surface area contributed by atoms with Crippen LogP contribution in [0.5, 0.6) is 0 Å². The molecule has 1 aromatic heterocycles. The summed E-state index contributed by atoms with van der Waals surface area (Å²) in [5, 5.41) is 10.3. The Labute approximate surface area is 180 Å². The minimum absolute atomic E-state index is 0.186. The van der Waals surface area contributed by atoms with E-state index in [1.165, 1.54) is 18.9 Å². The van der Waals surface area contributed by atoms with E-state index in [2.05, 4.69) is 27.1 Å². The summed E-state index contributed by atoms with van der Waals surface area (Å²) in [5.74, 6) is 1.33. The molecule has 5 rings (SSSR count). The maximum absolute atomic E-state index is 12.7. The number of anilines is 2. The zero-order chi connectivity index (χ0) is 21.6. The van der Waals surface area contributed by atoms with E-state index in [4.69, 9.17) is 0 Å². The van der Waals surface area contributed by atoms with E-state index < -0.39 is 10.0 Å². The van der Waals surface area contributed by atoms with Crippen LogP contribution >= 0.6 is 0 Å². The van der Waals surface area contributed by atoms with Gasteiger partial charge in [-0.15, -0.1) is 4.40 Å². The molecule has 0 saturated heterocycles. The highest BCUT2D eigenvalue weighted by Gasteiger charge is 2.31. The molecular formula is C22H21N5O3S. The monoisotopic (exact) mass is 435 g/mol. The van der Waals surface area contributed by atoms with E-state index in [1.807, 2.05) is 4.68 Å². The number of sulfonamides is 1. The van der Waals surface area contributed by atoms with Crippen molar-refractivity contribution in [3.05, 3.63) is 71.9 Å². The Hall–Kier alpha value is -3.46. The van der Waals surface area contributed by atoms with Crippen molar-refractivity contribution in [2.24, 2.45) is 10.3 Å². The van der Waals surface area contributed by atoms with Crippen LogP contribution in [0.2, 0.25) is 0 Å². The largest absolute Gasteiger partial charge is 0.339 e. The molecule has 2 aromatic carbocycles. The summed E-state index contributed by atoms with van der Waals surface area (Å²) in [4.78, 5) is 12.9. The van der Waals surface area contributed by atoms with Crippen LogP contribution in [0.15, 0.2) is 70.1 Å². The van der Waals surface area contributed by atoms with Gasteiger partial charge in [0.15, 0.2) is 5.84 Å². The van der Waals surface area contributed by atoms with E-state index in [-0.39, 0.29) is 22.7 Å². The maximum atomic E-state index is 12.7. The average molecular weight is 436 g/mol. The lowest BCUT2D eigenvalue weighted by atomic mass is 10.1. The van der Waals surface area contributed by atoms with Crippen LogP contribution in [0.25, 0.3) is 0 Å². The van der Waals surface area contributed by atoms with Crippen molar-refractivity contribution in [2.45, 2.75) is 30.7 Å². The Morgan fingerprint density at radius 3 is 2.58 bits per heavy atom. The topological polar surface area (TPSA) is 105 Å². The summed E-state index contributed by atoms with van der Waals surface area (Å²) in [6.07, 6.45) is 4.08. The molecule has 1 aliphatic carbocycles. The van der Waals surface area contributed by atoms with E-state index in [0.717, 1.165) is 0 Å². The van der Waals surface area contributed by atoms with Crippen molar-refractivity contribution in [3.63, 3.8) is 0 Å². The molecule has 3 aromatic rings. The van der Waals surface area contributed by atoms with Crippen molar-refractivity contribution < 1.29 is 13.2 Å². The summed E-state index contributed by atoms with van der Waals surface area (Å²) >= 11 is 0. The van der Waals surface area contributed by atoms with Crippen molar-refractivity contribution in [1.29, 1.82) is 0 Å². The molecule has 1 unspecified atom stereocenters. The molecule has 31 heavy (non-hydrogen) atoms. The highest BCUT2D eigenvalue weighted by molar-refractivity contribution is 7.90. The Balaban J connectivity index is 1.30. The number of aromatic nitrogens is 2. The van der Waals surface area contributed by atoms with Crippen LogP contribution in [0.4, 0.5) is 11.5 Å². The molecule has 1 fully saturated rings. The highest BCUT2D eigenvalue weighted by atomic mass is 32.2. The predicted molar refractivity (Wildman–Crippen MR) is 118 cm³/mol. The molecule has 0 spiro atoms. The summed E-state index contributed by atoms with van der Waals surface area (Å²) in [6, 6.07) is 15.5. The van der Waals surface area contributed by atoms with Gasteiger partial charge in [0, 0.05) is 22.9 Å². The van der Waals surface area contributed by atoms with Gasteiger partial charge in [-0.1, -0.05) is 12.1 Å². The molecule has 0 bridgehead atoms. The van der Waals surface area contributed by atoms with Gasteiger partial charge in [-0.25, -0.2) is 4.68 Å². The number of carbonyl (C=O) groups excluding carboxylic acids is 1. The fraction of sp³-hybridized carbons (Fsp3) is 0.227. The number of benzene rings is 2. The van der Waals surface area contributed by atoms with Gasteiger partial charge < -0.3 is 10.6 Å². The van der Waals surface area contributed by atoms with Gasteiger partial charge in [-0.05, 0) is 62.1 Å².